The normalized spacial score (nSPS) is 30.2. The number of hydroxylamine groups is 2. The van der Waals surface area contributed by atoms with Crippen molar-refractivity contribution in [3.8, 4) is 0 Å². The molecule has 0 N–H and O–H groups in total. The molecule has 3 aliphatic heterocycles. The first-order chi connectivity index (χ1) is 11.7. The summed E-state index contributed by atoms with van der Waals surface area (Å²) in [5, 5.41) is 6.95. The van der Waals surface area contributed by atoms with Gasteiger partial charge in [0, 0.05) is 25.0 Å². The maximum absolute atomic E-state index is 12.5. The summed E-state index contributed by atoms with van der Waals surface area (Å²) in [6.45, 7) is 2.40. The Morgan fingerprint density at radius 3 is 2.96 bits per heavy atom. The summed E-state index contributed by atoms with van der Waals surface area (Å²) < 4.78 is 9.72. The molecule has 3 saturated heterocycles. The molecule has 8 nitrogen and oxygen atoms in total. The van der Waals surface area contributed by atoms with Crippen molar-refractivity contribution in [2.45, 2.75) is 37.9 Å². The first kappa shape index (κ1) is 15.9. The maximum Gasteiger partial charge on any atom is 0.275 e. The first-order valence-corrected chi connectivity index (χ1v) is 9.22. The van der Waals surface area contributed by atoms with Gasteiger partial charge in [-0.05, 0) is 43.1 Å². The molecule has 0 aromatic carbocycles. The highest BCUT2D eigenvalue weighted by Gasteiger charge is 2.44. The van der Waals surface area contributed by atoms with Crippen LogP contribution in [0.2, 0.25) is 0 Å². The maximum atomic E-state index is 12.5. The van der Waals surface area contributed by atoms with Crippen LogP contribution < -0.4 is 0 Å². The van der Waals surface area contributed by atoms with Gasteiger partial charge >= 0.3 is 0 Å². The Kier molecular flexibility index (Phi) is 4.47. The van der Waals surface area contributed by atoms with Crippen LogP contribution in [0, 0.1) is 5.92 Å². The average molecular weight is 352 g/mol. The number of carbonyl (C=O) groups excluding carboxylic acids is 2. The number of nitrogens with zero attached hydrogens (tertiary/aromatic N) is 4. The Morgan fingerprint density at radius 2 is 2.21 bits per heavy atom. The largest absolute Gasteiger partial charge is 0.363 e. The van der Waals surface area contributed by atoms with E-state index in [9.17, 15) is 9.59 Å². The van der Waals surface area contributed by atoms with Gasteiger partial charge in [0.15, 0.2) is 5.69 Å². The van der Waals surface area contributed by atoms with Gasteiger partial charge in [0.2, 0.25) is 0 Å². The molecule has 3 fully saturated rings. The quantitative estimate of drug-likeness (QED) is 0.779. The predicted molar refractivity (Wildman–Crippen MR) is 84.1 cm³/mol. The molecule has 0 spiro atoms. The van der Waals surface area contributed by atoms with Crippen LogP contribution in [0.15, 0.2) is 5.38 Å². The summed E-state index contributed by atoms with van der Waals surface area (Å²) in [7, 11) is 0. The van der Waals surface area contributed by atoms with Gasteiger partial charge in [0.05, 0.1) is 12.7 Å². The van der Waals surface area contributed by atoms with E-state index in [1.165, 1.54) is 16.6 Å². The van der Waals surface area contributed by atoms with Crippen LogP contribution in [0.1, 0.15) is 36.2 Å². The van der Waals surface area contributed by atoms with Crippen molar-refractivity contribution in [2.24, 2.45) is 5.92 Å². The summed E-state index contributed by atoms with van der Waals surface area (Å²) >= 11 is 1.17. The number of fused-ring (bicyclic) bond motifs is 1. The summed E-state index contributed by atoms with van der Waals surface area (Å²) in [4.78, 5) is 32.1. The van der Waals surface area contributed by atoms with Crippen molar-refractivity contribution in [3.05, 3.63) is 11.1 Å². The van der Waals surface area contributed by atoms with Crippen molar-refractivity contribution in [1.82, 2.24) is 19.6 Å². The molecule has 3 atom stereocenters. The van der Waals surface area contributed by atoms with Gasteiger partial charge in [0.1, 0.15) is 6.10 Å². The molecule has 0 bridgehead atoms. The summed E-state index contributed by atoms with van der Waals surface area (Å²) in [6, 6.07) is 0. The Labute approximate surface area is 143 Å². The van der Waals surface area contributed by atoms with Crippen LogP contribution in [0.5, 0.6) is 0 Å². The molecule has 130 valence electrons. The fourth-order valence-corrected chi connectivity index (χ4v) is 4.05. The van der Waals surface area contributed by atoms with Crippen molar-refractivity contribution in [2.75, 3.05) is 26.2 Å². The zero-order chi connectivity index (χ0) is 16.5. The van der Waals surface area contributed by atoms with Crippen molar-refractivity contribution in [1.29, 1.82) is 0 Å². The molecular weight excluding hydrogens is 332 g/mol. The molecule has 2 amide bonds. The van der Waals surface area contributed by atoms with Gasteiger partial charge < -0.3 is 9.64 Å². The lowest BCUT2D eigenvalue weighted by molar-refractivity contribution is -0.206. The zero-order valence-corrected chi connectivity index (χ0v) is 14.1. The minimum absolute atomic E-state index is 0.0781. The molecule has 0 unspecified atom stereocenters. The van der Waals surface area contributed by atoms with Crippen LogP contribution in [0.3, 0.4) is 0 Å². The smallest absolute Gasteiger partial charge is 0.275 e. The zero-order valence-electron chi connectivity index (χ0n) is 13.3. The Hall–Kier alpha value is -1.58. The van der Waals surface area contributed by atoms with Crippen LogP contribution >= 0.6 is 11.5 Å². The Morgan fingerprint density at radius 1 is 1.29 bits per heavy atom. The van der Waals surface area contributed by atoms with E-state index >= 15 is 0 Å². The summed E-state index contributed by atoms with van der Waals surface area (Å²) in [6.07, 6.45) is 2.97. The lowest BCUT2D eigenvalue weighted by atomic mass is 9.91. The fourth-order valence-electron chi connectivity index (χ4n) is 3.62. The molecule has 0 radical (unpaired) electrons. The van der Waals surface area contributed by atoms with E-state index < -0.39 is 6.10 Å². The minimum Gasteiger partial charge on any atom is -0.363 e. The van der Waals surface area contributed by atoms with Gasteiger partial charge in [0.25, 0.3) is 11.8 Å². The third-order valence-corrected chi connectivity index (χ3v) is 5.45. The number of ether oxygens (including phenoxy) is 1. The molecule has 9 heteroatoms. The fraction of sp³-hybridized carbons (Fsp3) is 0.733. The predicted octanol–water partition coefficient (Wildman–Crippen LogP) is 0.712. The highest BCUT2D eigenvalue weighted by molar-refractivity contribution is 7.03. The van der Waals surface area contributed by atoms with Crippen LogP contribution in [0.25, 0.3) is 0 Å². The molecule has 4 rings (SSSR count). The number of rotatable bonds is 2. The average Bonchev–Trinajstić information content (AvgIpc) is 3.30. The van der Waals surface area contributed by atoms with Gasteiger partial charge in [-0.25, -0.2) is 5.06 Å². The number of aromatic nitrogens is 2. The minimum atomic E-state index is -0.450. The third kappa shape index (κ3) is 3.03. The van der Waals surface area contributed by atoms with Crippen molar-refractivity contribution in [3.63, 3.8) is 0 Å². The van der Waals surface area contributed by atoms with Crippen LogP contribution in [-0.4, -0.2) is 69.8 Å². The highest BCUT2D eigenvalue weighted by atomic mass is 32.1. The second-order valence-electron chi connectivity index (χ2n) is 6.47. The number of carbonyl (C=O) groups is 2. The molecular formula is C15H20N4O4S. The standard InChI is InChI=1S/C15H20N4O4S/c20-14(11-9-24-17-16-11)18-5-3-10-7-12(23-13(10)8-18)15(21)19-4-1-2-6-22-19/h9-10,12-13H,1-8H2/t10-,12-,13+/m0/s1. The van der Waals surface area contributed by atoms with Crippen molar-refractivity contribution >= 4 is 23.3 Å². The summed E-state index contributed by atoms with van der Waals surface area (Å²) in [5.41, 5.74) is 0.380. The first-order valence-electron chi connectivity index (χ1n) is 8.38. The topological polar surface area (TPSA) is 84.9 Å². The van der Waals surface area contributed by atoms with E-state index in [4.69, 9.17) is 9.57 Å². The van der Waals surface area contributed by atoms with E-state index in [0.29, 0.717) is 44.3 Å². The van der Waals surface area contributed by atoms with Gasteiger partial charge in [-0.2, -0.15) is 0 Å². The molecule has 1 aromatic rings. The molecule has 4 heterocycles. The number of hydrogen-bond acceptors (Lipinski definition) is 7. The van der Waals surface area contributed by atoms with Gasteiger partial charge in [-0.3, -0.25) is 14.4 Å². The number of piperidine rings is 1. The number of hydrogen-bond donors (Lipinski definition) is 0. The Balaban J connectivity index is 1.37. The number of likely N-dealkylation sites (tertiary alicyclic amines) is 1. The van der Waals surface area contributed by atoms with E-state index in [-0.39, 0.29) is 17.9 Å². The lowest BCUT2D eigenvalue weighted by Gasteiger charge is -2.33. The SMILES string of the molecule is O=C(c1csnn1)N1CC[C@H]2C[C@@H](C(=O)N3CCCCO3)O[C@@H]2C1. The van der Waals surface area contributed by atoms with E-state index in [1.807, 2.05) is 0 Å². The molecule has 1 aromatic heterocycles. The van der Waals surface area contributed by atoms with E-state index in [1.54, 1.807) is 10.3 Å². The van der Waals surface area contributed by atoms with Gasteiger partial charge in [-0.1, -0.05) is 4.49 Å². The molecule has 0 aliphatic carbocycles. The van der Waals surface area contributed by atoms with Crippen molar-refractivity contribution < 1.29 is 19.2 Å². The molecule has 24 heavy (non-hydrogen) atoms. The highest BCUT2D eigenvalue weighted by Crippen LogP contribution is 2.34. The third-order valence-electron chi connectivity index (χ3n) is 4.94. The van der Waals surface area contributed by atoms with Gasteiger partial charge in [-0.15, -0.1) is 5.10 Å². The Bertz CT molecular complexity index is 605. The number of amides is 2. The molecule has 3 aliphatic rings. The van der Waals surface area contributed by atoms with Crippen LogP contribution in [-0.2, 0) is 14.4 Å². The lowest BCUT2D eigenvalue weighted by Crippen LogP contribution is -2.46. The van der Waals surface area contributed by atoms with E-state index in [0.717, 1.165) is 19.3 Å². The second kappa shape index (κ2) is 6.73. The monoisotopic (exact) mass is 352 g/mol. The molecule has 0 saturated carbocycles. The van der Waals surface area contributed by atoms with E-state index in [2.05, 4.69) is 9.59 Å². The summed E-state index contributed by atoms with van der Waals surface area (Å²) in [5.74, 6) is 0.131. The van der Waals surface area contributed by atoms with Crippen LogP contribution in [0.4, 0.5) is 0 Å². The second-order valence-corrected chi connectivity index (χ2v) is 7.08.